The van der Waals surface area contributed by atoms with Crippen LogP contribution in [0.5, 0.6) is 11.5 Å². The molecule has 0 saturated heterocycles. The van der Waals surface area contributed by atoms with Crippen LogP contribution >= 0.6 is 0 Å². The second kappa shape index (κ2) is 14.5. The SMILES string of the molecule is CC(C)(c1ccc(O)cc1)c1ccc(O)cc1.CCCCCCCCCCCC(=O)O. The number of aromatic hydroxyl groups is 2. The van der Waals surface area contributed by atoms with E-state index < -0.39 is 5.97 Å². The summed E-state index contributed by atoms with van der Waals surface area (Å²) in [4.78, 5) is 10.2. The molecule has 0 radical (unpaired) electrons. The number of unbranched alkanes of at least 4 members (excludes halogenated alkanes) is 8. The number of benzene rings is 2. The van der Waals surface area contributed by atoms with Gasteiger partial charge in [0.15, 0.2) is 0 Å². The minimum absolute atomic E-state index is 0.151. The van der Waals surface area contributed by atoms with Crippen LogP contribution in [0.2, 0.25) is 0 Å². The highest BCUT2D eigenvalue weighted by Crippen LogP contribution is 2.32. The molecule has 0 spiro atoms. The molecule has 2 rings (SSSR count). The first-order chi connectivity index (χ1) is 14.8. The van der Waals surface area contributed by atoms with Crippen LogP contribution < -0.4 is 0 Å². The third-order valence-corrected chi connectivity index (χ3v) is 5.67. The van der Waals surface area contributed by atoms with Gasteiger partial charge in [-0.05, 0) is 41.8 Å². The minimum atomic E-state index is -0.659. The van der Waals surface area contributed by atoms with E-state index in [4.69, 9.17) is 5.11 Å². The van der Waals surface area contributed by atoms with Gasteiger partial charge in [-0.2, -0.15) is 0 Å². The maximum absolute atomic E-state index is 10.2. The summed E-state index contributed by atoms with van der Waals surface area (Å²) in [6.07, 6.45) is 11.5. The second-order valence-electron chi connectivity index (χ2n) is 8.69. The van der Waals surface area contributed by atoms with E-state index in [0.29, 0.717) is 6.42 Å². The lowest BCUT2D eigenvalue weighted by molar-refractivity contribution is -0.137. The highest BCUT2D eigenvalue weighted by molar-refractivity contribution is 5.66. The van der Waals surface area contributed by atoms with Gasteiger partial charge in [0.25, 0.3) is 0 Å². The van der Waals surface area contributed by atoms with Crippen molar-refractivity contribution in [3.63, 3.8) is 0 Å². The molecule has 0 atom stereocenters. The van der Waals surface area contributed by atoms with E-state index in [1.54, 1.807) is 24.3 Å². The molecule has 31 heavy (non-hydrogen) atoms. The van der Waals surface area contributed by atoms with E-state index in [9.17, 15) is 15.0 Å². The lowest BCUT2D eigenvalue weighted by Crippen LogP contribution is -2.18. The van der Waals surface area contributed by atoms with Crippen molar-refractivity contribution in [2.75, 3.05) is 0 Å². The molecule has 0 heterocycles. The monoisotopic (exact) mass is 428 g/mol. The lowest BCUT2D eigenvalue weighted by Gasteiger charge is -2.26. The van der Waals surface area contributed by atoms with Crippen LogP contribution in [0.3, 0.4) is 0 Å². The molecule has 0 fully saturated rings. The molecule has 0 amide bonds. The topological polar surface area (TPSA) is 77.8 Å². The van der Waals surface area contributed by atoms with Gasteiger partial charge in [0.2, 0.25) is 0 Å². The largest absolute Gasteiger partial charge is 0.508 e. The predicted molar refractivity (Wildman–Crippen MR) is 128 cm³/mol. The predicted octanol–water partition coefficient (Wildman–Crippen LogP) is 7.42. The average Bonchev–Trinajstić information content (AvgIpc) is 2.73. The maximum atomic E-state index is 10.2. The quantitative estimate of drug-likeness (QED) is 0.307. The standard InChI is InChI=1S/C15H16O2.C12H24O2/c1-15(2,11-3-7-13(16)8-4-11)12-5-9-14(17)10-6-12;1-2-3-4-5-6-7-8-9-10-11-12(13)14/h3-10,16-17H,1-2H3;2-11H2,1H3,(H,13,14). The van der Waals surface area contributed by atoms with Crippen LogP contribution in [-0.4, -0.2) is 21.3 Å². The molecule has 4 nitrogen and oxygen atoms in total. The van der Waals surface area contributed by atoms with Gasteiger partial charge in [-0.15, -0.1) is 0 Å². The second-order valence-corrected chi connectivity index (χ2v) is 8.69. The van der Waals surface area contributed by atoms with E-state index >= 15 is 0 Å². The Morgan fingerprint density at radius 2 is 1.03 bits per heavy atom. The summed E-state index contributed by atoms with van der Waals surface area (Å²) >= 11 is 0. The van der Waals surface area contributed by atoms with Gasteiger partial charge in [-0.25, -0.2) is 0 Å². The highest BCUT2D eigenvalue weighted by atomic mass is 16.4. The van der Waals surface area contributed by atoms with Crippen molar-refractivity contribution >= 4 is 5.97 Å². The Hall–Kier alpha value is -2.49. The molecule has 0 bridgehead atoms. The summed E-state index contributed by atoms with van der Waals surface area (Å²) in [5, 5.41) is 27.0. The van der Waals surface area contributed by atoms with Crippen molar-refractivity contribution in [3.8, 4) is 11.5 Å². The Kier molecular flexibility index (Phi) is 12.4. The molecule has 172 valence electrons. The van der Waals surface area contributed by atoms with E-state index in [-0.39, 0.29) is 16.9 Å². The molecule has 0 aliphatic carbocycles. The normalized spacial score (nSPS) is 10.9. The fraction of sp³-hybridized carbons (Fsp3) is 0.519. The van der Waals surface area contributed by atoms with Crippen LogP contribution in [0.15, 0.2) is 48.5 Å². The smallest absolute Gasteiger partial charge is 0.303 e. The van der Waals surface area contributed by atoms with E-state index in [0.717, 1.165) is 24.0 Å². The Balaban J connectivity index is 0.000000318. The molecule has 0 aromatic heterocycles. The molecule has 2 aromatic rings. The Morgan fingerprint density at radius 1 is 0.677 bits per heavy atom. The summed E-state index contributed by atoms with van der Waals surface area (Å²) in [6.45, 7) is 6.46. The van der Waals surface area contributed by atoms with Gasteiger partial charge >= 0.3 is 5.97 Å². The van der Waals surface area contributed by atoms with Gasteiger partial charge in [0.1, 0.15) is 11.5 Å². The van der Waals surface area contributed by atoms with Gasteiger partial charge in [-0.1, -0.05) is 96.4 Å². The summed E-state index contributed by atoms with van der Waals surface area (Å²) in [5.74, 6) is -0.113. The minimum Gasteiger partial charge on any atom is -0.508 e. The van der Waals surface area contributed by atoms with Gasteiger partial charge in [0.05, 0.1) is 0 Å². The first kappa shape index (κ1) is 26.5. The molecule has 3 N–H and O–H groups in total. The fourth-order valence-corrected chi connectivity index (χ4v) is 3.51. The van der Waals surface area contributed by atoms with Gasteiger partial charge < -0.3 is 15.3 Å². The molecule has 0 aliphatic heterocycles. The summed E-state index contributed by atoms with van der Waals surface area (Å²) in [7, 11) is 0. The van der Waals surface area contributed by atoms with Crippen LogP contribution in [0.4, 0.5) is 0 Å². The van der Waals surface area contributed by atoms with E-state index in [1.165, 1.54) is 44.9 Å². The zero-order chi connectivity index (χ0) is 23.1. The molecule has 2 aromatic carbocycles. The Labute approximate surface area is 188 Å². The molecular formula is C27H40O4. The van der Waals surface area contributed by atoms with Crippen LogP contribution in [0.25, 0.3) is 0 Å². The van der Waals surface area contributed by atoms with Crippen LogP contribution in [0, 0.1) is 0 Å². The third-order valence-electron chi connectivity index (χ3n) is 5.67. The summed E-state index contributed by atoms with van der Waals surface area (Å²) in [5.41, 5.74) is 2.10. The number of phenolic OH excluding ortho intramolecular Hbond substituents is 2. The first-order valence-corrected chi connectivity index (χ1v) is 11.6. The van der Waals surface area contributed by atoms with Crippen molar-refractivity contribution in [1.29, 1.82) is 0 Å². The number of aliphatic carboxylic acids is 1. The van der Waals surface area contributed by atoms with Crippen molar-refractivity contribution in [2.45, 2.75) is 90.4 Å². The number of hydrogen-bond donors (Lipinski definition) is 3. The first-order valence-electron chi connectivity index (χ1n) is 11.6. The Bertz CT molecular complexity index is 685. The van der Waals surface area contributed by atoms with Crippen molar-refractivity contribution < 1.29 is 20.1 Å². The maximum Gasteiger partial charge on any atom is 0.303 e. The van der Waals surface area contributed by atoms with E-state index in [2.05, 4.69) is 20.8 Å². The zero-order valence-corrected chi connectivity index (χ0v) is 19.4. The average molecular weight is 429 g/mol. The van der Waals surface area contributed by atoms with Crippen LogP contribution in [-0.2, 0) is 10.2 Å². The molecule has 0 aliphatic rings. The highest BCUT2D eigenvalue weighted by Gasteiger charge is 2.22. The van der Waals surface area contributed by atoms with Crippen molar-refractivity contribution in [1.82, 2.24) is 0 Å². The summed E-state index contributed by atoms with van der Waals surface area (Å²) in [6, 6.07) is 14.4. The number of carbonyl (C=O) groups is 1. The third kappa shape index (κ3) is 10.9. The number of rotatable bonds is 12. The number of carboxylic acid groups (broad SMARTS) is 1. The molecular weight excluding hydrogens is 388 g/mol. The molecule has 4 heteroatoms. The summed E-state index contributed by atoms with van der Waals surface area (Å²) < 4.78 is 0. The number of phenols is 2. The van der Waals surface area contributed by atoms with Crippen molar-refractivity contribution in [3.05, 3.63) is 59.7 Å². The molecule has 0 saturated carbocycles. The van der Waals surface area contributed by atoms with E-state index in [1.807, 2.05) is 24.3 Å². The van der Waals surface area contributed by atoms with Gasteiger partial charge in [0, 0.05) is 11.8 Å². The van der Waals surface area contributed by atoms with Gasteiger partial charge in [-0.3, -0.25) is 4.79 Å². The van der Waals surface area contributed by atoms with Crippen molar-refractivity contribution in [2.24, 2.45) is 0 Å². The lowest BCUT2D eigenvalue weighted by atomic mass is 9.78. The number of hydrogen-bond acceptors (Lipinski definition) is 3. The zero-order valence-electron chi connectivity index (χ0n) is 19.4. The Morgan fingerprint density at radius 3 is 1.39 bits per heavy atom. The fourth-order valence-electron chi connectivity index (χ4n) is 3.51. The van der Waals surface area contributed by atoms with Crippen LogP contribution in [0.1, 0.15) is 96.1 Å². The molecule has 0 unspecified atom stereocenters. The number of carboxylic acids is 1.